The fraction of sp³-hybridized carbons (Fsp3) is 0.0968. The molecule has 0 saturated heterocycles. The molecule has 63 heavy (non-hydrogen) atoms. The Balaban J connectivity index is 1.07. The standard InChI is InChI=1S/C62H48O/c1-39(2)41-24-28-45(29-25-41)50-20-12-21-51(46-30-26-42(27-31-46)40(3)4)61(50)62-54-18-10-8-16-52(54)59(53-17-9-11-19-55(53)62)47-34-32-44(33-35-47)49-22-13-23-57-60(49)56-37-36-48(38-58(56)63-57)43-14-6-5-7-15-43/h5-40H,1-4H3/i5D,6D,7D,14D,15D. The molecule has 1 heterocycles. The van der Waals surface area contributed by atoms with Gasteiger partial charge in [0.05, 0.1) is 6.85 Å². The largest absolute Gasteiger partial charge is 0.456 e. The Bertz CT molecular complexity index is 3610. The van der Waals surface area contributed by atoms with Gasteiger partial charge in [0.15, 0.2) is 0 Å². The zero-order valence-corrected chi connectivity index (χ0v) is 35.8. The molecule has 11 aromatic rings. The molecule has 0 atom stereocenters. The number of fused-ring (bicyclic) bond motifs is 5. The molecule has 0 amide bonds. The van der Waals surface area contributed by atoms with Crippen molar-refractivity contribution >= 4 is 43.5 Å². The lowest BCUT2D eigenvalue weighted by Gasteiger charge is -2.23. The van der Waals surface area contributed by atoms with Crippen molar-refractivity contribution in [3.8, 4) is 66.8 Å². The van der Waals surface area contributed by atoms with Crippen LogP contribution in [0.5, 0.6) is 0 Å². The highest BCUT2D eigenvalue weighted by Crippen LogP contribution is 2.50. The van der Waals surface area contributed by atoms with Crippen molar-refractivity contribution in [2.45, 2.75) is 39.5 Å². The second kappa shape index (κ2) is 15.8. The van der Waals surface area contributed by atoms with Gasteiger partial charge >= 0.3 is 0 Å². The molecule has 0 aliphatic carbocycles. The van der Waals surface area contributed by atoms with E-state index in [-0.39, 0.29) is 29.7 Å². The van der Waals surface area contributed by atoms with Crippen LogP contribution in [-0.4, -0.2) is 0 Å². The smallest absolute Gasteiger partial charge is 0.136 e. The number of furan rings is 1. The third-order valence-electron chi connectivity index (χ3n) is 12.8. The summed E-state index contributed by atoms with van der Waals surface area (Å²) in [5.74, 6) is 0.875. The molecule has 1 aromatic heterocycles. The summed E-state index contributed by atoms with van der Waals surface area (Å²) in [5, 5.41) is 6.57. The third-order valence-corrected chi connectivity index (χ3v) is 12.8. The quantitative estimate of drug-likeness (QED) is 0.139. The first-order chi connectivity index (χ1) is 33.0. The van der Waals surface area contributed by atoms with Crippen LogP contribution in [0.1, 0.15) is 57.5 Å². The maximum atomic E-state index is 8.57. The summed E-state index contributed by atoms with van der Waals surface area (Å²) in [5.41, 5.74) is 16.1. The van der Waals surface area contributed by atoms with Crippen molar-refractivity contribution in [2.75, 3.05) is 0 Å². The highest BCUT2D eigenvalue weighted by Gasteiger charge is 2.23. The molecule has 10 aromatic carbocycles. The first-order valence-electron chi connectivity index (χ1n) is 24.4. The summed E-state index contributed by atoms with van der Waals surface area (Å²) in [4.78, 5) is 0. The second-order valence-electron chi connectivity index (χ2n) is 17.2. The number of hydrogen-bond donors (Lipinski definition) is 0. The number of hydrogen-bond acceptors (Lipinski definition) is 1. The van der Waals surface area contributed by atoms with Crippen LogP contribution in [0.2, 0.25) is 0 Å². The van der Waals surface area contributed by atoms with E-state index in [1.54, 1.807) is 6.07 Å². The molecule has 0 spiro atoms. The van der Waals surface area contributed by atoms with Gasteiger partial charge in [0.2, 0.25) is 0 Å². The van der Waals surface area contributed by atoms with E-state index in [4.69, 9.17) is 11.3 Å². The average molecular weight is 814 g/mol. The molecular weight excluding hydrogens is 761 g/mol. The van der Waals surface area contributed by atoms with Gasteiger partial charge in [-0.1, -0.05) is 216 Å². The number of benzene rings is 10. The van der Waals surface area contributed by atoms with E-state index in [1.165, 1.54) is 71.6 Å². The van der Waals surface area contributed by atoms with E-state index < -0.39 is 6.04 Å². The molecule has 0 bridgehead atoms. The van der Waals surface area contributed by atoms with Gasteiger partial charge in [-0.3, -0.25) is 0 Å². The molecule has 0 aliphatic rings. The SMILES string of the molecule is [2H]c1c([2H])c([2H])c(-c2ccc3c(c2)oc2cccc(-c4ccc(-c5c6ccccc6c(-c6c(-c7ccc(C(C)C)cc7)cccc6-c6ccc(C(C)C)cc6)c6ccccc56)cc4)c23)c([2H])c1[2H]. The van der Waals surface area contributed by atoms with Crippen LogP contribution < -0.4 is 0 Å². The molecule has 11 rings (SSSR count). The molecule has 0 N–H and O–H groups in total. The van der Waals surface area contributed by atoms with Gasteiger partial charge in [-0.15, -0.1) is 0 Å². The van der Waals surface area contributed by atoms with Crippen LogP contribution in [0.25, 0.3) is 110 Å². The Morgan fingerprint density at radius 1 is 0.349 bits per heavy atom. The minimum Gasteiger partial charge on any atom is -0.456 e. The minimum absolute atomic E-state index is 0.152. The molecule has 0 radical (unpaired) electrons. The van der Waals surface area contributed by atoms with Crippen LogP contribution in [0.15, 0.2) is 211 Å². The molecule has 1 heteroatoms. The molecule has 0 saturated carbocycles. The van der Waals surface area contributed by atoms with E-state index in [1.807, 2.05) is 24.3 Å². The molecule has 0 unspecified atom stereocenters. The lowest BCUT2D eigenvalue weighted by molar-refractivity contribution is 0.669. The summed E-state index contributed by atoms with van der Waals surface area (Å²) in [6.45, 7) is 8.97. The van der Waals surface area contributed by atoms with Crippen molar-refractivity contribution in [1.29, 1.82) is 0 Å². The van der Waals surface area contributed by atoms with E-state index >= 15 is 0 Å². The molecular formula is C62H48O. The van der Waals surface area contributed by atoms with E-state index in [0.717, 1.165) is 27.5 Å². The zero-order chi connectivity index (χ0) is 47.0. The monoisotopic (exact) mass is 813 g/mol. The van der Waals surface area contributed by atoms with Crippen molar-refractivity contribution in [1.82, 2.24) is 0 Å². The summed E-state index contributed by atoms with van der Waals surface area (Å²) in [6, 6.07) is 61.5. The maximum Gasteiger partial charge on any atom is 0.136 e. The van der Waals surface area contributed by atoms with E-state index in [2.05, 4.69) is 173 Å². The third kappa shape index (κ3) is 6.73. The lowest BCUT2D eigenvalue weighted by Crippen LogP contribution is -1.96. The van der Waals surface area contributed by atoms with Crippen molar-refractivity contribution in [3.63, 3.8) is 0 Å². The molecule has 0 fully saturated rings. The van der Waals surface area contributed by atoms with Gasteiger partial charge in [0, 0.05) is 10.8 Å². The van der Waals surface area contributed by atoms with Crippen molar-refractivity contribution in [3.05, 3.63) is 217 Å². The van der Waals surface area contributed by atoms with Crippen molar-refractivity contribution < 1.29 is 11.3 Å². The zero-order valence-electron chi connectivity index (χ0n) is 40.8. The van der Waals surface area contributed by atoms with Gasteiger partial charge in [-0.05, 0) is 129 Å². The molecule has 0 aliphatic heterocycles. The Labute approximate surface area is 377 Å². The second-order valence-corrected chi connectivity index (χ2v) is 17.2. The lowest BCUT2D eigenvalue weighted by atomic mass is 9.80. The van der Waals surface area contributed by atoms with Crippen LogP contribution in [0, 0.1) is 0 Å². The average Bonchev–Trinajstić information content (AvgIpc) is 3.75. The highest BCUT2D eigenvalue weighted by molar-refractivity contribution is 6.24. The van der Waals surface area contributed by atoms with Crippen molar-refractivity contribution in [2.24, 2.45) is 0 Å². The van der Waals surface area contributed by atoms with Gasteiger partial charge in [0.1, 0.15) is 11.2 Å². The Kier molecular flexibility index (Phi) is 8.31. The summed E-state index contributed by atoms with van der Waals surface area (Å²) >= 11 is 0. The maximum absolute atomic E-state index is 8.57. The summed E-state index contributed by atoms with van der Waals surface area (Å²) < 4.78 is 48.1. The van der Waals surface area contributed by atoms with Crippen LogP contribution in [-0.2, 0) is 0 Å². The normalized spacial score (nSPS) is 12.9. The fourth-order valence-electron chi connectivity index (χ4n) is 9.54. The van der Waals surface area contributed by atoms with E-state index in [0.29, 0.717) is 28.6 Å². The number of rotatable bonds is 8. The van der Waals surface area contributed by atoms with Crippen LogP contribution >= 0.6 is 0 Å². The molecule has 302 valence electrons. The van der Waals surface area contributed by atoms with Gasteiger partial charge in [-0.25, -0.2) is 0 Å². The van der Waals surface area contributed by atoms with Gasteiger partial charge in [-0.2, -0.15) is 0 Å². The van der Waals surface area contributed by atoms with Gasteiger partial charge in [0.25, 0.3) is 0 Å². The van der Waals surface area contributed by atoms with E-state index in [9.17, 15) is 0 Å². The van der Waals surface area contributed by atoms with Crippen LogP contribution in [0.4, 0.5) is 0 Å². The Morgan fingerprint density at radius 3 is 1.37 bits per heavy atom. The Hall–Kier alpha value is -7.48. The minimum atomic E-state index is -0.412. The fourth-order valence-corrected chi connectivity index (χ4v) is 9.54. The molecule has 1 nitrogen and oxygen atoms in total. The highest BCUT2D eigenvalue weighted by atomic mass is 16.3. The predicted octanol–water partition coefficient (Wildman–Crippen LogP) is 18.1. The first-order valence-corrected chi connectivity index (χ1v) is 21.9. The summed E-state index contributed by atoms with van der Waals surface area (Å²) in [7, 11) is 0. The van der Waals surface area contributed by atoms with Crippen LogP contribution in [0.3, 0.4) is 0 Å². The van der Waals surface area contributed by atoms with Gasteiger partial charge < -0.3 is 4.42 Å². The summed E-state index contributed by atoms with van der Waals surface area (Å²) in [6.07, 6.45) is 0. The Morgan fingerprint density at radius 2 is 0.810 bits per heavy atom. The topological polar surface area (TPSA) is 13.1 Å². The first kappa shape index (κ1) is 33.2. The predicted molar refractivity (Wildman–Crippen MR) is 270 cm³/mol.